The number of anilines is 1. The molecule has 0 saturated carbocycles. The highest BCUT2D eigenvalue weighted by Crippen LogP contribution is 2.30. The standard InChI is InChI=1S/C21H19FN4O6S2.ClH/c1-12(14-5-3-2-4-13(14)10-23-11-17(27)28)26-15-6-7-16(18(22)19(15)32-21(26)29)34(30,31)25-20-24-8-9-33-20;/h2-9,12,23H,10-11H2,1H3,(H,24,25)(H,27,28);1H. The number of carbonyl (C=O) groups is 1. The molecule has 2 heterocycles. The Morgan fingerprint density at radius 2 is 2.03 bits per heavy atom. The summed E-state index contributed by atoms with van der Waals surface area (Å²) in [6.07, 6.45) is 1.40. The Balaban J connectivity index is 0.00000342. The van der Waals surface area contributed by atoms with Gasteiger partial charge >= 0.3 is 11.7 Å². The largest absolute Gasteiger partial charge is 0.480 e. The van der Waals surface area contributed by atoms with E-state index in [0.717, 1.165) is 23.0 Å². The number of fused-ring (bicyclic) bond motifs is 1. The van der Waals surface area contributed by atoms with E-state index >= 15 is 4.39 Å². The molecule has 2 aromatic carbocycles. The van der Waals surface area contributed by atoms with E-state index in [1.54, 1.807) is 36.6 Å². The lowest BCUT2D eigenvalue weighted by atomic mass is 10.0. The molecular formula is C21H20ClFN4O6S2. The Hall–Kier alpha value is -3.26. The minimum absolute atomic E-state index is 0. The zero-order chi connectivity index (χ0) is 24.5. The molecule has 2 aromatic heterocycles. The molecular weight excluding hydrogens is 523 g/mol. The number of nitrogens with one attached hydrogen (secondary N) is 2. The molecule has 0 bridgehead atoms. The summed E-state index contributed by atoms with van der Waals surface area (Å²) in [5.74, 6) is -3.06. The van der Waals surface area contributed by atoms with Crippen molar-refractivity contribution in [1.29, 1.82) is 0 Å². The molecule has 0 aliphatic rings. The number of hydrogen-bond donors (Lipinski definition) is 3. The van der Waals surface area contributed by atoms with Crippen LogP contribution in [0.15, 0.2) is 62.1 Å². The quantitative estimate of drug-likeness (QED) is 0.292. The fourth-order valence-corrected chi connectivity index (χ4v) is 5.48. The summed E-state index contributed by atoms with van der Waals surface area (Å²) in [6, 6.07) is 8.83. The van der Waals surface area contributed by atoms with Gasteiger partial charge in [0, 0.05) is 18.1 Å². The molecule has 0 amide bonds. The second-order valence-electron chi connectivity index (χ2n) is 7.28. The summed E-state index contributed by atoms with van der Waals surface area (Å²) < 4.78 is 49.1. The Labute approximate surface area is 208 Å². The Kier molecular flexibility index (Phi) is 7.95. The van der Waals surface area contributed by atoms with Crippen molar-refractivity contribution in [3.8, 4) is 0 Å². The second-order valence-corrected chi connectivity index (χ2v) is 9.82. The topological polar surface area (TPSA) is 144 Å². The molecule has 1 unspecified atom stereocenters. The number of sulfonamides is 1. The van der Waals surface area contributed by atoms with Crippen LogP contribution in [0.25, 0.3) is 11.1 Å². The van der Waals surface area contributed by atoms with Crippen LogP contribution in [0.4, 0.5) is 9.52 Å². The fraction of sp³-hybridized carbons (Fsp3) is 0.190. The van der Waals surface area contributed by atoms with Crippen molar-refractivity contribution in [2.75, 3.05) is 11.3 Å². The molecule has 0 saturated heterocycles. The Morgan fingerprint density at radius 1 is 1.29 bits per heavy atom. The zero-order valence-corrected chi connectivity index (χ0v) is 20.5. The molecule has 1 atom stereocenters. The van der Waals surface area contributed by atoms with Crippen LogP contribution < -0.4 is 15.8 Å². The Bertz CT molecular complexity index is 1520. The van der Waals surface area contributed by atoms with Gasteiger partial charge in [0.2, 0.25) is 0 Å². The van der Waals surface area contributed by atoms with Crippen molar-refractivity contribution in [3.05, 3.63) is 75.5 Å². The number of nitrogens with zero attached hydrogens (tertiary/aromatic N) is 2. The van der Waals surface area contributed by atoms with Crippen LogP contribution in [-0.2, 0) is 21.4 Å². The maximum Gasteiger partial charge on any atom is 0.420 e. The number of halogens is 2. The maximum atomic E-state index is 15.2. The van der Waals surface area contributed by atoms with Gasteiger partial charge in [-0.2, -0.15) is 0 Å². The molecule has 3 N–H and O–H groups in total. The summed E-state index contributed by atoms with van der Waals surface area (Å²) in [5.41, 5.74) is 1.02. The molecule has 10 nitrogen and oxygen atoms in total. The van der Waals surface area contributed by atoms with E-state index in [-0.39, 0.29) is 36.1 Å². The van der Waals surface area contributed by atoms with Crippen LogP contribution in [-0.4, -0.2) is 35.6 Å². The van der Waals surface area contributed by atoms with Crippen molar-refractivity contribution in [1.82, 2.24) is 14.9 Å². The lowest BCUT2D eigenvalue weighted by Crippen LogP contribution is -2.24. The van der Waals surface area contributed by atoms with E-state index in [1.165, 1.54) is 16.8 Å². The number of aliphatic carboxylic acids is 1. The lowest BCUT2D eigenvalue weighted by molar-refractivity contribution is -0.136. The van der Waals surface area contributed by atoms with Gasteiger partial charge in [0.15, 0.2) is 16.5 Å². The monoisotopic (exact) mass is 542 g/mol. The highest BCUT2D eigenvalue weighted by Gasteiger charge is 2.27. The number of rotatable bonds is 9. The SMILES string of the molecule is CC(c1ccccc1CNCC(=O)O)n1c(=O)oc2c(F)c(S(=O)(=O)Nc3nccs3)ccc21.Cl. The molecule has 0 aliphatic heterocycles. The molecule has 35 heavy (non-hydrogen) atoms. The predicted molar refractivity (Wildman–Crippen MR) is 130 cm³/mol. The first kappa shape index (κ1) is 26.3. The minimum Gasteiger partial charge on any atom is -0.480 e. The molecule has 186 valence electrons. The maximum absolute atomic E-state index is 15.2. The van der Waals surface area contributed by atoms with E-state index < -0.39 is 44.1 Å². The molecule has 14 heteroatoms. The van der Waals surface area contributed by atoms with Gasteiger partial charge in [-0.15, -0.1) is 23.7 Å². The van der Waals surface area contributed by atoms with Crippen LogP contribution in [0, 0.1) is 5.82 Å². The van der Waals surface area contributed by atoms with Crippen molar-refractivity contribution < 1.29 is 27.1 Å². The summed E-state index contributed by atoms with van der Waals surface area (Å²) >= 11 is 1.03. The van der Waals surface area contributed by atoms with Crippen LogP contribution in [0.5, 0.6) is 0 Å². The molecule has 0 aliphatic carbocycles. The number of carboxylic acid groups (broad SMARTS) is 1. The summed E-state index contributed by atoms with van der Waals surface area (Å²) in [5, 5.41) is 13.3. The fourth-order valence-electron chi connectivity index (χ4n) is 3.61. The second kappa shape index (κ2) is 10.6. The van der Waals surface area contributed by atoms with Crippen LogP contribution in [0.2, 0.25) is 0 Å². The number of thiazole rings is 1. The number of aromatic nitrogens is 2. The predicted octanol–water partition coefficient (Wildman–Crippen LogP) is 3.20. The first-order chi connectivity index (χ1) is 16.2. The normalized spacial score (nSPS) is 12.3. The van der Waals surface area contributed by atoms with Gasteiger partial charge in [0.1, 0.15) is 4.90 Å². The van der Waals surface area contributed by atoms with Crippen molar-refractivity contribution >= 4 is 56.0 Å². The highest BCUT2D eigenvalue weighted by atomic mass is 35.5. The van der Waals surface area contributed by atoms with E-state index in [0.29, 0.717) is 5.56 Å². The van der Waals surface area contributed by atoms with Gasteiger partial charge in [-0.05, 0) is 30.2 Å². The average Bonchev–Trinajstić information content (AvgIpc) is 3.40. The summed E-state index contributed by atoms with van der Waals surface area (Å²) in [6.45, 7) is 1.70. The molecule has 0 radical (unpaired) electrons. The van der Waals surface area contributed by atoms with Gasteiger partial charge in [0.25, 0.3) is 10.0 Å². The van der Waals surface area contributed by atoms with E-state index in [4.69, 9.17) is 9.52 Å². The number of hydrogen-bond acceptors (Lipinski definition) is 8. The zero-order valence-electron chi connectivity index (χ0n) is 18.1. The van der Waals surface area contributed by atoms with Gasteiger partial charge in [-0.3, -0.25) is 14.1 Å². The van der Waals surface area contributed by atoms with Crippen LogP contribution in [0.3, 0.4) is 0 Å². The van der Waals surface area contributed by atoms with Crippen molar-refractivity contribution in [2.24, 2.45) is 0 Å². The van der Waals surface area contributed by atoms with Crippen molar-refractivity contribution in [2.45, 2.75) is 24.4 Å². The average molecular weight is 543 g/mol. The van der Waals surface area contributed by atoms with Gasteiger partial charge < -0.3 is 14.8 Å². The smallest absolute Gasteiger partial charge is 0.420 e. The molecule has 0 spiro atoms. The lowest BCUT2D eigenvalue weighted by Gasteiger charge is -2.18. The van der Waals surface area contributed by atoms with Crippen LogP contribution >= 0.6 is 23.7 Å². The third-order valence-electron chi connectivity index (χ3n) is 5.11. The summed E-state index contributed by atoms with van der Waals surface area (Å²) in [7, 11) is -4.31. The first-order valence-corrected chi connectivity index (χ1v) is 12.3. The summed E-state index contributed by atoms with van der Waals surface area (Å²) in [4.78, 5) is 26.6. The van der Waals surface area contributed by atoms with E-state index in [2.05, 4.69) is 15.0 Å². The van der Waals surface area contributed by atoms with Crippen LogP contribution in [0.1, 0.15) is 24.1 Å². The first-order valence-electron chi connectivity index (χ1n) is 9.95. The third-order valence-corrected chi connectivity index (χ3v) is 7.29. The van der Waals surface area contributed by atoms with E-state index in [9.17, 15) is 18.0 Å². The third kappa shape index (κ3) is 5.37. The van der Waals surface area contributed by atoms with E-state index in [1.807, 2.05) is 0 Å². The van der Waals surface area contributed by atoms with Crippen molar-refractivity contribution in [3.63, 3.8) is 0 Å². The number of carboxylic acids is 1. The molecule has 0 fully saturated rings. The number of oxazole rings is 1. The van der Waals surface area contributed by atoms with Gasteiger partial charge in [-0.25, -0.2) is 22.6 Å². The molecule has 4 rings (SSSR count). The van der Waals surface area contributed by atoms with Gasteiger partial charge in [0.05, 0.1) is 18.1 Å². The Morgan fingerprint density at radius 3 is 2.71 bits per heavy atom. The number of benzene rings is 2. The molecule has 4 aromatic rings. The highest BCUT2D eigenvalue weighted by molar-refractivity contribution is 7.93. The van der Waals surface area contributed by atoms with Gasteiger partial charge in [-0.1, -0.05) is 24.3 Å². The minimum atomic E-state index is -4.31.